The molecule has 0 aliphatic rings. The average molecular weight is 183 g/mol. The maximum absolute atomic E-state index is 8.97. The van der Waals surface area contributed by atoms with Crippen molar-refractivity contribution in [3.05, 3.63) is 0 Å². The van der Waals surface area contributed by atoms with Gasteiger partial charge in [0.05, 0.1) is 0 Å². The zero-order valence-electron chi connectivity index (χ0n) is 8.77. The van der Waals surface area contributed by atoms with E-state index in [1.807, 2.05) is 13.8 Å². The van der Waals surface area contributed by atoms with Crippen LogP contribution < -0.4 is 5.32 Å². The standard InChI is InChI=1S/C11H21NO/c1-4-5-6-7-8-12-9-11(2,3)10-13/h1,12-13H,5-10H2,2-3H3. The molecule has 2 N–H and O–H groups in total. The molecule has 0 unspecified atom stereocenters. The van der Waals surface area contributed by atoms with E-state index in [1.165, 1.54) is 0 Å². The number of hydrogen-bond donors (Lipinski definition) is 2. The topological polar surface area (TPSA) is 32.3 Å². The van der Waals surface area contributed by atoms with Gasteiger partial charge >= 0.3 is 0 Å². The van der Waals surface area contributed by atoms with Crippen LogP contribution in [-0.2, 0) is 0 Å². The summed E-state index contributed by atoms with van der Waals surface area (Å²) in [5, 5.41) is 12.3. The Bertz CT molecular complexity index is 158. The zero-order valence-corrected chi connectivity index (χ0v) is 8.77. The molecule has 0 amide bonds. The summed E-state index contributed by atoms with van der Waals surface area (Å²) < 4.78 is 0. The van der Waals surface area contributed by atoms with Gasteiger partial charge in [-0.3, -0.25) is 0 Å². The van der Waals surface area contributed by atoms with Gasteiger partial charge in [-0.15, -0.1) is 12.3 Å². The lowest BCUT2D eigenvalue weighted by Crippen LogP contribution is -2.32. The van der Waals surface area contributed by atoms with Crippen LogP contribution in [0.4, 0.5) is 0 Å². The summed E-state index contributed by atoms with van der Waals surface area (Å²) in [6, 6.07) is 0. The molecule has 0 aromatic heterocycles. The van der Waals surface area contributed by atoms with Crippen LogP contribution in [0.5, 0.6) is 0 Å². The van der Waals surface area contributed by atoms with Crippen LogP contribution in [0.25, 0.3) is 0 Å². The fourth-order valence-corrected chi connectivity index (χ4v) is 0.960. The van der Waals surface area contributed by atoms with Crippen LogP contribution in [0.1, 0.15) is 33.1 Å². The number of aliphatic hydroxyl groups excluding tert-OH is 1. The molecule has 0 aliphatic carbocycles. The summed E-state index contributed by atoms with van der Waals surface area (Å²) in [5.41, 5.74) is -0.00782. The van der Waals surface area contributed by atoms with Crippen LogP contribution in [-0.4, -0.2) is 24.8 Å². The first-order chi connectivity index (χ1) is 6.12. The maximum atomic E-state index is 8.97. The Balaban J connectivity index is 3.22. The highest BCUT2D eigenvalue weighted by atomic mass is 16.3. The van der Waals surface area contributed by atoms with Crippen LogP contribution in [0.15, 0.2) is 0 Å². The summed E-state index contributed by atoms with van der Waals surface area (Å²) in [4.78, 5) is 0. The molecule has 0 heterocycles. The molecule has 0 saturated heterocycles. The quantitative estimate of drug-likeness (QED) is 0.462. The molecule has 0 aromatic carbocycles. The van der Waals surface area contributed by atoms with E-state index >= 15 is 0 Å². The minimum Gasteiger partial charge on any atom is -0.396 e. The van der Waals surface area contributed by atoms with Gasteiger partial charge in [0.1, 0.15) is 0 Å². The Hall–Kier alpha value is -0.520. The van der Waals surface area contributed by atoms with Crippen molar-refractivity contribution in [2.24, 2.45) is 5.41 Å². The normalized spacial score (nSPS) is 11.2. The smallest absolute Gasteiger partial charge is 0.0494 e. The van der Waals surface area contributed by atoms with Gasteiger partial charge < -0.3 is 10.4 Å². The molecule has 0 radical (unpaired) electrons. The second-order valence-corrected chi connectivity index (χ2v) is 4.16. The molecule has 76 valence electrons. The van der Waals surface area contributed by atoms with Gasteiger partial charge in [0.2, 0.25) is 0 Å². The maximum Gasteiger partial charge on any atom is 0.0494 e. The van der Waals surface area contributed by atoms with E-state index in [4.69, 9.17) is 11.5 Å². The number of hydrogen-bond acceptors (Lipinski definition) is 2. The van der Waals surface area contributed by atoms with Crippen molar-refractivity contribution in [2.75, 3.05) is 19.7 Å². The summed E-state index contributed by atoms with van der Waals surface area (Å²) in [7, 11) is 0. The van der Waals surface area contributed by atoms with E-state index in [0.29, 0.717) is 0 Å². The third-order valence-electron chi connectivity index (χ3n) is 1.96. The lowest BCUT2D eigenvalue weighted by Gasteiger charge is -2.21. The van der Waals surface area contributed by atoms with E-state index in [2.05, 4.69) is 11.2 Å². The molecule has 2 nitrogen and oxygen atoms in total. The van der Waals surface area contributed by atoms with E-state index in [1.54, 1.807) is 0 Å². The van der Waals surface area contributed by atoms with Gasteiger partial charge in [-0.05, 0) is 19.4 Å². The summed E-state index contributed by atoms with van der Waals surface area (Å²) >= 11 is 0. The van der Waals surface area contributed by atoms with Crippen molar-refractivity contribution in [3.8, 4) is 12.3 Å². The van der Waals surface area contributed by atoms with E-state index in [-0.39, 0.29) is 12.0 Å². The van der Waals surface area contributed by atoms with Crippen molar-refractivity contribution in [1.29, 1.82) is 0 Å². The Morgan fingerprint density at radius 2 is 2.08 bits per heavy atom. The number of aliphatic hydroxyl groups is 1. The minimum absolute atomic E-state index is 0.00782. The third-order valence-corrected chi connectivity index (χ3v) is 1.96. The minimum atomic E-state index is -0.00782. The lowest BCUT2D eigenvalue weighted by molar-refractivity contribution is 0.157. The molecular formula is C11H21NO. The van der Waals surface area contributed by atoms with Crippen molar-refractivity contribution < 1.29 is 5.11 Å². The van der Waals surface area contributed by atoms with E-state index < -0.39 is 0 Å². The highest BCUT2D eigenvalue weighted by molar-refractivity contribution is 4.82. The predicted molar refractivity (Wildman–Crippen MR) is 56.4 cm³/mol. The Kier molecular flexibility index (Phi) is 6.66. The number of terminal acetylenes is 1. The fraction of sp³-hybridized carbons (Fsp3) is 0.818. The lowest BCUT2D eigenvalue weighted by atomic mass is 9.95. The summed E-state index contributed by atoms with van der Waals surface area (Å²) in [6.07, 6.45) is 8.20. The summed E-state index contributed by atoms with van der Waals surface area (Å²) in [6.45, 7) is 6.16. The van der Waals surface area contributed by atoms with Gasteiger partial charge in [0.25, 0.3) is 0 Å². The molecule has 0 rings (SSSR count). The van der Waals surface area contributed by atoms with Crippen LogP contribution in [0.3, 0.4) is 0 Å². The second kappa shape index (κ2) is 6.94. The highest BCUT2D eigenvalue weighted by Crippen LogP contribution is 2.10. The molecule has 0 aromatic rings. The Morgan fingerprint density at radius 1 is 1.38 bits per heavy atom. The van der Waals surface area contributed by atoms with Crippen LogP contribution >= 0.6 is 0 Å². The molecule has 0 bridgehead atoms. The largest absolute Gasteiger partial charge is 0.396 e. The molecule has 0 saturated carbocycles. The number of nitrogens with one attached hydrogen (secondary N) is 1. The summed E-state index contributed by atoms with van der Waals surface area (Å²) in [5.74, 6) is 2.62. The highest BCUT2D eigenvalue weighted by Gasteiger charge is 2.14. The molecule has 0 fully saturated rings. The van der Waals surface area contributed by atoms with Gasteiger partial charge in [-0.1, -0.05) is 13.8 Å². The fourth-order valence-electron chi connectivity index (χ4n) is 0.960. The molecule has 0 aliphatic heterocycles. The van der Waals surface area contributed by atoms with Crippen molar-refractivity contribution >= 4 is 0 Å². The third kappa shape index (κ3) is 7.83. The van der Waals surface area contributed by atoms with Crippen molar-refractivity contribution in [3.63, 3.8) is 0 Å². The first-order valence-corrected chi connectivity index (χ1v) is 4.87. The molecule has 13 heavy (non-hydrogen) atoms. The van der Waals surface area contributed by atoms with Crippen molar-refractivity contribution in [2.45, 2.75) is 33.1 Å². The van der Waals surface area contributed by atoms with Crippen LogP contribution in [0, 0.1) is 17.8 Å². The molecular weight excluding hydrogens is 162 g/mol. The average Bonchev–Trinajstić information content (AvgIpc) is 2.11. The number of unbranched alkanes of at least 4 members (excludes halogenated alkanes) is 2. The van der Waals surface area contributed by atoms with Gasteiger partial charge in [0, 0.05) is 25.0 Å². The first-order valence-electron chi connectivity index (χ1n) is 4.87. The van der Waals surface area contributed by atoms with E-state index in [9.17, 15) is 0 Å². The monoisotopic (exact) mass is 183 g/mol. The van der Waals surface area contributed by atoms with E-state index in [0.717, 1.165) is 32.4 Å². The van der Waals surface area contributed by atoms with Crippen LogP contribution in [0.2, 0.25) is 0 Å². The Labute approximate surface area is 81.7 Å². The van der Waals surface area contributed by atoms with Crippen molar-refractivity contribution in [1.82, 2.24) is 5.32 Å². The SMILES string of the molecule is C#CCCCCNCC(C)(C)CO. The molecule has 0 atom stereocenters. The first kappa shape index (κ1) is 12.5. The number of rotatable bonds is 7. The molecule has 2 heteroatoms. The van der Waals surface area contributed by atoms with Gasteiger partial charge in [-0.2, -0.15) is 0 Å². The predicted octanol–water partition coefficient (Wildman–Crippen LogP) is 1.40. The second-order valence-electron chi connectivity index (χ2n) is 4.16. The van der Waals surface area contributed by atoms with Gasteiger partial charge in [-0.25, -0.2) is 0 Å². The Morgan fingerprint density at radius 3 is 2.62 bits per heavy atom. The zero-order chi connectivity index (χ0) is 10.2. The molecule has 0 spiro atoms. The van der Waals surface area contributed by atoms with Gasteiger partial charge in [0.15, 0.2) is 0 Å².